The lowest BCUT2D eigenvalue weighted by Gasteiger charge is -2.44. The summed E-state index contributed by atoms with van der Waals surface area (Å²) in [7, 11) is 2.01. The number of rotatable bonds is 8. The first-order valence-electron chi connectivity index (χ1n) is 9.02. The van der Waals surface area contributed by atoms with Crippen LogP contribution in [-0.4, -0.2) is 42.3 Å². The summed E-state index contributed by atoms with van der Waals surface area (Å²) in [4.78, 5) is 26.7. The molecule has 1 aliphatic carbocycles. The Kier molecular flexibility index (Phi) is 7.66. The van der Waals surface area contributed by atoms with Gasteiger partial charge in [-0.25, -0.2) is 0 Å². The molecule has 1 aromatic rings. The van der Waals surface area contributed by atoms with E-state index in [1.54, 1.807) is 24.3 Å². The molecule has 146 valence electrons. The van der Waals surface area contributed by atoms with E-state index in [1.165, 1.54) is 0 Å². The van der Waals surface area contributed by atoms with Crippen LogP contribution in [0, 0.1) is 0 Å². The summed E-state index contributed by atoms with van der Waals surface area (Å²) in [5, 5.41) is 3.91. The van der Waals surface area contributed by atoms with Gasteiger partial charge in [-0.15, -0.1) is 13.2 Å². The predicted molar refractivity (Wildman–Crippen MR) is 111 cm³/mol. The standard InChI is InChI=1S/C21H26Cl2N2O2/c1-4-12-25(3)21(10-8-16(26)9-11-21)14-24-20(27)17(5-2)15-6-7-18(22)19(23)13-15/h4-7,13,17H,1-2,8-12,14H2,3H3,(H,24,27). The first-order chi connectivity index (χ1) is 12.8. The zero-order valence-corrected chi connectivity index (χ0v) is 17.2. The van der Waals surface area contributed by atoms with Crippen LogP contribution in [0.1, 0.15) is 37.2 Å². The van der Waals surface area contributed by atoms with Crippen LogP contribution in [0.4, 0.5) is 0 Å². The zero-order chi connectivity index (χ0) is 20.0. The minimum atomic E-state index is -0.522. The van der Waals surface area contributed by atoms with Crippen molar-refractivity contribution in [3.05, 3.63) is 59.1 Å². The fraction of sp³-hybridized carbons (Fsp3) is 0.429. The number of ketones is 1. The van der Waals surface area contributed by atoms with Crippen molar-refractivity contribution in [2.24, 2.45) is 0 Å². The molecule has 0 heterocycles. The van der Waals surface area contributed by atoms with E-state index in [1.807, 2.05) is 13.1 Å². The lowest BCUT2D eigenvalue weighted by molar-refractivity contribution is -0.124. The Hall–Kier alpha value is -1.62. The van der Waals surface area contributed by atoms with E-state index in [-0.39, 0.29) is 17.2 Å². The summed E-state index contributed by atoms with van der Waals surface area (Å²) < 4.78 is 0. The Bertz CT molecular complexity index is 723. The smallest absolute Gasteiger partial charge is 0.231 e. The van der Waals surface area contributed by atoms with Crippen LogP contribution in [0.15, 0.2) is 43.5 Å². The SMILES string of the molecule is C=CCN(C)C1(CNC(=O)C(C=C)c2ccc(Cl)c(Cl)c2)CCC(=O)CC1. The molecule has 0 bridgehead atoms. The normalized spacial score (nSPS) is 17.4. The van der Waals surface area contributed by atoms with Crippen LogP contribution in [0.3, 0.4) is 0 Å². The number of hydrogen-bond donors (Lipinski definition) is 1. The van der Waals surface area contributed by atoms with Crippen LogP contribution in [0.5, 0.6) is 0 Å². The molecule has 1 unspecified atom stereocenters. The second kappa shape index (κ2) is 9.54. The molecular weight excluding hydrogens is 383 g/mol. The van der Waals surface area contributed by atoms with Crippen molar-refractivity contribution in [3.8, 4) is 0 Å². The van der Waals surface area contributed by atoms with Gasteiger partial charge in [0.05, 0.1) is 16.0 Å². The van der Waals surface area contributed by atoms with E-state index in [4.69, 9.17) is 23.2 Å². The van der Waals surface area contributed by atoms with Gasteiger partial charge in [-0.1, -0.05) is 41.4 Å². The molecular formula is C21H26Cl2N2O2. The van der Waals surface area contributed by atoms with Crippen molar-refractivity contribution < 1.29 is 9.59 Å². The highest BCUT2D eigenvalue weighted by Crippen LogP contribution is 2.32. The summed E-state index contributed by atoms with van der Waals surface area (Å²) in [6, 6.07) is 5.14. The Morgan fingerprint density at radius 2 is 1.96 bits per heavy atom. The Morgan fingerprint density at radius 3 is 2.52 bits per heavy atom. The maximum atomic E-state index is 12.8. The number of amides is 1. The second-order valence-corrected chi connectivity index (χ2v) is 7.85. The van der Waals surface area contributed by atoms with Gasteiger partial charge in [-0.05, 0) is 37.6 Å². The second-order valence-electron chi connectivity index (χ2n) is 7.04. The quantitative estimate of drug-likeness (QED) is 0.649. The van der Waals surface area contributed by atoms with E-state index < -0.39 is 5.92 Å². The van der Waals surface area contributed by atoms with Crippen molar-refractivity contribution in [2.75, 3.05) is 20.1 Å². The molecule has 2 rings (SSSR count). The molecule has 6 heteroatoms. The molecule has 1 amide bonds. The third kappa shape index (κ3) is 5.22. The summed E-state index contributed by atoms with van der Waals surface area (Å²) in [6.07, 6.45) is 5.95. The topological polar surface area (TPSA) is 49.4 Å². The van der Waals surface area contributed by atoms with E-state index >= 15 is 0 Å². The Labute approximate surface area is 171 Å². The Morgan fingerprint density at radius 1 is 1.30 bits per heavy atom. The molecule has 0 aliphatic heterocycles. The van der Waals surface area contributed by atoms with Crippen LogP contribution >= 0.6 is 23.2 Å². The molecule has 4 nitrogen and oxygen atoms in total. The van der Waals surface area contributed by atoms with Crippen molar-refractivity contribution in [1.29, 1.82) is 0 Å². The van der Waals surface area contributed by atoms with Crippen LogP contribution in [-0.2, 0) is 9.59 Å². The minimum Gasteiger partial charge on any atom is -0.353 e. The highest BCUT2D eigenvalue weighted by atomic mass is 35.5. The van der Waals surface area contributed by atoms with Gasteiger partial charge in [-0.2, -0.15) is 0 Å². The molecule has 0 aromatic heterocycles. The van der Waals surface area contributed by atoms with Crippen molar-refractivity contribution >= 4 is 34.9 Å². The fourth-order valence-electron chi connectivity index (χ4n) is 3.54. The van der Waals surface area contributed by atoms with E-state index in [0.29, 0.717) is 36.0 Å². The summed E-state index contributed by atoms with van der Waals surface area (Å²) >= 11 is 12.1. The monoisotopic (exact) mass is 408 g/mol. The number of nitrogens with zero attached hydrogens (tertiary/aromatic N) is 1. The molecule has 1 N–H and O–H groups in total. The maximum absolute atomic E-state index is 12.8. The number of Topliss-reactive ketones (excluding diaryl/α,β-unsaturated/α-hetero) is 1. The molecule has 27 heavy (non-hydrogen) atoms. The lowest BCUT2D eigenvalue weighted by Crippen LogP contribution is -2.56. The third-order valence-electron chi connectivity index (χ3n) is 5.36. The van der Waals surface area contributed by atoms with Gasteiger partial charge in [0.15, 0.2) is 0 Å². The molecule has 0 saturated heterocycles. The van der Waals surface area contributed by atoms with Gasteiger partial charge in [0, 0.05) is 31.5 Å². The van der Waals surface area contributed by atoms with Gasteiger partial charge in [0.1, 0.15) is 5.78 Å². The number of nitrogens with one attached hydrogen (secondary N) is 1. The molecule has 1 aromatic carbocycles. The van der Waals surface area contributed by atoms with Gasteiger partial charge >= 0.3 is 0 Å². The predicted octanol–water partition coefficient (Wildman–Crippen LogP) is 4.38. The number of halogens is 2. The molecule has 1 atom stereocenters. The van der Waals surface area contributed by atoms with Crippen molar-refractivity contribution in [1.82, 2.24) is 10.2 Å². The van der Waals surface area contributed by atoms with E-state index in [2.05, 4.69) is 23.4 Å². The number of carbonyl (C=O) groups excluding carboxylic acids is 2. The van der Waals surface area contributed by atoms with Crippen LogP contribution in [0.25, 0.3) is 0 Å². The van der Waals surface area contributed by atoms with Gasteiger partial charge in [-0.3, -0.25) is 14.5 Å². The van der Waals surface area contributed by atoms with Crippen molar-refractivity contribution in [2.45, 2.75) is 37.1 Å². The maximum Gasteiger partial charge on any atom is 0.231 e. The third-order valence-corrected chi connectivity index (χ3v) is 6.10. The van der Waals surface area contributed by atoms with Crippen LogP contribution < -0.4 is 5.32 Å². The van der Waals surface area contributed by atoms with E-state index in [0.717, 1.165) is 18.4 Å². The molecule has 1 fully saturated rings. The Balaban J connectivity index is 2.13. The lowest BCUT2D eigenvalue weighted by atomic mass is 9.79. The molecule has 1 saturated carbocycles. The van der Waals surface area contributed by atoms with Gasteiger partial charge in [0.2, 0.25) is 5.91 Å². The minimum absolute atomic E-state index is 0.147. The summed E-state index contributed by atoms with van der Waals surface area (Å²) in [5.74, 6) is -0.387. The average Bonchev–Trinajstić information content (AvgIpc) is 2.65. The van der Waals surface area contributed by atoms with Crippen molar-refractivity contribution in [3.63, 3.8) is 0 Å². The summed E-state index contributed by atoms with van der Waals surface area (Å²) in [6.45, 7) is 8.76. The fourth-order valence-corrected chi connectivity index (χ4v) is 3.84. The first-order valence-corrected chi connectivity index (χ1v) is 9.77. The number of benzene rings is 1. The highest BCUT2D eigenvalue weighted by molar-refractivity contribution is 6.42. The number of likely N-dealkylation sites (N-methyl/N-ethyl adjacent to an activating group) is 1. The number of carbonyl (C=O) groups is 2. The van der Waals surface area contributed by atoms with Gasteiger partial charge < -0.3 is 5.32 Å². The molecule has 1 aliphatic rings. The van der Waals surface area contributed by atoms with Crippen LogP contribution in [0.2, 0.25) is 10.0 Å². The van der Waals surface area contributed by atoms with E-state index in [9.17, 15) is 9.59 Å². The average molecular weight is 409 g/mol. The summed E-state index contributed by atoms with van der Waals surface area (Å²) in [5.41, 5.74) is 0.491. The highest BCUT2D eigenvalue weighted by Gasteiger charge is 2.38. The number of hydrogen-bond acceptors (Lipinski definition) is 3. The van der Waals surface area contributed by atoms with Gasteiger partial charge in [0.25, 0.3) is 0 Å². The first kappa shape index (κ1) is 21.7. The largest absolute Gasteiger partial charge is 0.353 e. The molecule has 0 radical (unpaired) electrons. The molecule has 0 spiro atoms. The zero-order valence-electron chi connectivity index (χ0n) is 15.6.